The Kier molecular flexibility index (Phi) is 21.7. The van der Waals surface area contributed by atoms with Crippen molar-refractivity contribution in [2.75, 3.05) is 19.6 Å². The van der Waals surface area contributed by atoms with Crippen molar-refractivity contribution in [1.82, 2.24) is 14.7 Å². The van der Waals surface area contributed by atoms with Crippen LogP contribution < -0.4 is 0 Å². The van der Waals surface area contributed by atoms with Gasteiger partial charge in [0.05, 0.1) is 0 Å². The Labute approximate surface area is 331 Å². The van der Waals surface area contributed by atoms with E-state index in [-0.39, 0.29) is 25.7 Å². The van der Waals surface area contributed by atoms with Crippen LogP contribution in [-0.2, 0) is 41.3 Å². The molecule has 0 saturated carbocycles. The highest BCUT2D eigenvalue weighted by Gasteiger charge is 2.83. The molecule has 0 amide bonds. The van der Waals surface area contributed by atoms with Crippen LogP contribution in [0.5, 0.6) is 0 Å². The van der Waals surface area contributed by atoms with Gasteiger partial charge in [0.25, 0.3) is 10.3 Å². The Morgan fingerprint density at radius 1 is 0.431 bits per heavy atom. The SMILES string of the molecule is CCCN(C(P(=O)(O)O)P(=O)(O)O)C(N(CCCCCCCCCCC(=O)O)C(N(CCC)C(P(=O)(O)O)P(=O)(O)O)(P(=O)(O)O)P(=O)(O)O)(P(=O)(O)O)P(=O)(O)O. The zero-order valence-electron chi connectivity index (χ0n) is 30.8. The minimum Gasteiger partial charge on any atom is -0.481 e. The van der Waals surface area contributed by atoms with Gasteiger partial charge < -0.3 is 83.4 Å². The summed E-state index contributed by atoms with van der Waals surface area (Å²) in [6, 6.07) is 0. The van der Waals surface area contributed by atoms with E-state index in [9.17, 15) is 120 Å². The first-order valence-corrected chi connectivity index (χ1v) is 29.8. The molecule has 37 heteroatoms. The van der Waals surface area contributed by atoms with E-state index in [1.165, 1.54) is 0 Å². The van der Waals surface area contributed by atoms with Gasteiger partial charge in [0.15, 0.2) is 0 Å². The monoisotopic (exact) mass is 1010 g/mol. The molecule has 0 heterocycles. The lowest BCUT2D eigenvalue weighted by molar-refractivity contribution is -0.137. The van der Waals surface area contributed by atoms with Gasteiger partial charge in [-0.3, -0.25) is 41.3 Å². The van der Waals surface area contributed by atoms with Crippen molar-refractivity contribution in [1.29, 1.82) is 0 Å². The Morgan fingerprint density at radius 2 is 0.672 bits per heavy atom. The number of carboxylic acid groups (broad SMARTS) is 1. The van der Waals surface area contributed by atoms with Gasteiger partial charge in [-0.2, -0.15) is 0 Å². The number of carbonyl (C=O) groups is 1. The molecule has 0 aromatic heterocycles. The van der Waals surface area contributed by atoms with Crippen LogP contribution in [0.2, 0.25) is 0 Å². The van der Waals surface area contributed by atoms with Crippen molar-refractivity contribution in [3.63, 3.8) is 0 Å². The Balaban J connectivity index is 9.14. The number of hydrogen-bond donors (Lipinski definition) is 17. The molecular weight excluding hydrogens is 958 g/mol. The molecule has 0 aliphatic rings. The van der Waals surface area contributed by atoms with Crippen LogP contribution in [0.4, 0.5) is 0 Å². The number of hydrogen-bond acceptors (Lipinski definition) is 12. The lowest BCUT2D eigenvalue weighted by Gasteiger charge is -2.59. The summed E-state index contributed by atoms with van der Waals surface area (Å²) < 4.78 is 107. The summed E-state index contributed by atoms with van der Waals surface area (Å²) >= 11 is 0. The maximum atomic E-state index is 13.9. The molecule has 0 aromatic rings. The molecule has 0 bridgehead atoms. The summed E-state index contributed by atoms with van der Waals surface area (Å²) in [5.74, 6) is -1.07. The highest BCUT2D eigenvalue weighted by atomic mass is 31.3. The largest absolute Gasteiger partial charge is 0.481 e. The van der Waals surface area contributed by atoms with Crippen LogP contribution >= 0.6 is 60.8 Å². The standard InChI is InChI=1S/C21H53N3O26P8/c1-3-14-22(18(51(27,28)29)52(30,31)32)20(55(39,40)41,56(42,43)44)24(16-12-10-8-6-5-7-9-11-13-17(25)26)21(57(45,46)47,58(48,49)50)23(15-4-2)19(53(33,34)35)54(36,37)38/h18-19H,3-16H2,1-2H3,(H,25,26)(H2,27,28,29)(H2,30,31,32)(H2,33,34,35)(H2,36,37,38)(H2,39,40,41)(H2,42,43,44)(H2,45,46,47)(H2,48,49,50). The van der Waals surface area contributed by atoms with Gasteiger partial charge in [0.2, 0.25) is 11.0 Å². The molecular formula is C21H53N3O26P8. The topological polar surface area (TPSA) is 507 Å². The molecule has 0 saturated heterocycles. The molecule has 0 spiro atoms. The zero-order chi connectivity index (χ0) is 46.4. The first-order valence-electron chi connectivity index (χ1n) is 16.6. The van der Waals surface area contributed by atoms with Crippen molar-refractivity contribution in [3.05, 3.63) is 0 Å². The van der Waals surface area contributed by atoms with E-state index in [0.717, 1.165) is 13.8 Å². The summed E-state index contributed by atoms with van der Waals surface area (Å²) in [4.78, 5) is 177. The summed E-state index contributed by atoms with van der Waals surface area (Å²) in [6.45, 7) is -3.68. The molecule has 29 nitrogen and oxygen atoms in total. The Bertz CT molecular complexity index is 1570. The van der Waals surface area contributed by atoms with Gasteiger partial charge in [-0.1, -0.05) is 52.4 Å². The van der Waals surface area contributed by atoms with Crippen LogP contribution in [0.1, 0.15) is 84.5 Å². The number of aliphatic carboxylic acids is 1. The maximum Gasteiger partial charge on any atom is 0.373 e. The predicted octanol–water partition coefficient (Wildman–Crippen LogP) is 0.519. The first-order chi connectivity index (χ1) is 25.7. The van der Waals surface area contributed by atoms with Crippen molar-refractivity contribution in [3.8, 4) is 0 Å². The molecule has 0 unspecified atom stereocenters. The number of carboxylic acids is 1. The fourth-order valence-electron chi connectivity index (χ4n) is 6.50. The third kappa shape index (κ3) is 14.0. The highest BCUT2D eigenvalue weighted by Crippen LogP contribution is 2.83. The first kappa shape index (κ1) is 58.6. The summed E-state index contributed by atoms with van der Waals surface area (Å²) in [5, 5.41) is -2.28. The van der Waals surface area contributed by atoms with Gasteiger partial charge in [0, 0.05) is 26.1 Å². The normalized spacial score (nSPS) is 15.1. The van der Waals surface area contributed by atoms with E-state index >= 15 is 0 Å². The average molecular weight is 1010 g/mol. The molecule has 0 radical (unpaired) electrons. The van der Waals surface area contributed by atoms with Crippen molar-refractivity contribution >= 4 is 66.7 Å². The molecule has 0 aliphatic carbocycles. The van der Waals surface area contributed by atoms with Gasteiger partial charge >= 0.3 is 66.7 Å². The molecule has 17 N–H and O–H groups in total. The van der Waals surface area contributed by atoms with E-state index in [0.29, 0.717) is 19.3 Å². The third-order valence-corrected chi connectivity index (χ3v) is 23.6. The van der Waals surface area contributed by atoms with Crippen LogP contribution in [0.15, 0.2) is 0 Å². The second-order valence-electron chi connectivity index (χ2n) is 12.9. The number of nitrogens with zero attached hydrogens (tertiary/aromatic N) is 3. The molecule has 0 rings (SSSR count). The highest BCUT2D eigenvalue weighted by molar-refractivity contribution is 7.75. The van der Waals surface area contributed by atoms with Crippen molar-refractivity contribution in [2.45, 2.75) is 106 Å². The Morgan fingerprint density at radius 3 is 0.879 bits per heavy atom. The molecule has 0 aliphatic heterocycles. The summed E-state index contributed by atoms with van der Waals surface area (Å²) in [6.07, 6.45) is -1.80. The van der Waals surface area contributed by atoms with E-state index in [1.54, 1.807) is 0 Å². The van der Waals surface area contributed by atoms with Gasteiger partial charge in [-0.25, -0.2) is 14.7 Å². The smallest absolute Gasteiger partial charge is 0.373 e. The lowest BCUT2D eigenvalue weighted by Crippen LogP contribution is -2.73. The predicted molar refractivity (Wildman–Crippen MR) is 199 cm³/mol. The fourth-order valence-corrected chi connectivity index (χ4v) is 20.4. The van der Waals surface area contributed by atoms with Gasteiger partial charge in [-0.15, -0.1) is 0 Å². The van der Waals surface area contributed by atoms with E-state index in [1.807, 2.05) is 0 Å². The lowest BCUT2D eigenvalue weighted by atomic mass is 10.1. The van der Waals surface area contributed by atoms with Crippen LogP contribution in [0, 0.1) is 0 Å². The zero-order valence-corrected chi connectivity index (χ0v) is 37.9. The number of rotatable bonds is 29. The molecule has 0 atom stereocenters. The van der Waals surface area contributed by atoms with Crippen LogP contribution in [0.25, 0.3) is 0 Å². The summed E-state index contributed by atoms with van der Waals surface area (Å²) in [7, 11) is -57.5. The average Bonchev–Trinajstić information content (AvgIpc) is 2.92. The van der Waals surface area contributed by atoms with Crippen LogP contribution in [0.3, 0.4) is 0 Å². The van der Waals surface area contributed by atoms with E-state index in [4.69, 9.17) is 5.11 Å². The van der Waals surface area contributed by atoms with Gasteiger partial charge in [0.1, 0.15) is 0 Å². The minimum absolute atomic E-state index is 0.0526. The van der Waals surface area contributed by atoms with E-state index < -0.39 is 148 Å². The quantitative estimate of drug-likeness (QED) is 0.0276. The second-order valence-corrected chi connectivity index (χ2v) is 28.0. The van der Waals surface area contributed by atoms with Crippen LogP contribution in [-0.4, -0.2) is 145 Å². The molecule has 0 fully saturated rings. The Hall–Kier alpha value is 0.550. The minimum atomic E-state index is -7.59. The van der Waals surface area contributed by atoms with Crippen molar-refractivity contribution < 1.29 is 125 Å². The molecule has 348 valence electrons. The molecule has 58 heavy (non-hydrogen) atoms. The maximum absolute atomic E-state index is 13.9. The second kappa shape index (κ2) is 21.5. The van der Waals surface area contributed by atoms with Gasteiger partial charge in [-0.05, 0) is 25.7 Å². The third-order valence-electron chi connectivity index (χ3n) is 8.27. The molecule has 0 aromatic carbocycles. The summed E-state index contributed by atoms with van der Waals surface area (Å²) in [5.41, 5.74) is -8.32. The fraction of sp³-hybridized carbons (Fsp3) is 0.952. The van der Waals surface area contributed by atoms with E-state index in [2.05, 4.69) is 0 Å². The van der Waals surface area contributed by atoms with Crippen molar-refractivity contribution in [2.24, 2.45) is 0 Å². The number of unbranched alkanes of at least 4 members (excludes halogenated alkanes) is 7.